The molecule has 6 heteroatoms. The highest BCUT2D eigenvalue weighted by Crippen LogP contribution is 2.33. The van der Waals surface area contributed by atoms with Crippen LogP contribution < -0.4 is 4.74 Å². The van der Waals surface area contributed by atoms with Crippen LogP contribution in [0.15, 0.2) is 18.2 Å². The molecule has 0 aliphatic heterocycles. The van der Waals surface area contributed by atoms with Crippen LogP contribution in [0.25, 0.3) is 5.69 Å². The van der Waals surface area contributed by atoms with Gasteiger partial charge < -0.3 is 4.74 Å². The number of hydrogen-bond acceptors (Lipinski definition) is 3. The summed E-state index contributed by atoms with van der Waals surface area (Å²) in [6.07, 6.45) is 0. The van der Waals surface area contributed by atoms with Crippen molar-refractivity contribution in [1.82, 2.24) is 15.0 Å². The van der Waals surface area contributed by atoms with E-state index in [1.54, 1.807) is 25.3 Å². The standard InChI is InChI=1S/C12H13Cl2N3O/c1-7(2)10-12(18-3)17(16-15-10)11-8(13)5-4-6-9(11)14/h4-7H,1-3H3. The second-order valence-corrected chi connectivity index (χ2v) is 4.94. The molecule has 1 aromatic carbocycles. The lowest BCUT2D eigenvalue weighted by molar-refractivity contribution is 0.377. The van der Waals surface area contributed by atoms with E-state index in [9.17, 15) is 0 Å². The van der Waals surface area contributed by atoms with Gasteiger partial charge in [0.2, 0.25) is 5.88 Å². The van der Waals surface area contributed by atoms with Crippen molar-refractivity contribution in [2.24, 2.45) is 0 Å². The summed E-state index contributed by atoms with van der Waals surface area (Å²) in [7, 11) is 1.58. The van der Waals surface area contributed by atoms with Crippen LogP contribution in [0.3, 0.4) is 0 Å². The molecular formula is C12H13Cl2N3O. The van der Waals surface area contributed by atoms with Crippen LogP contribution in [-0.2, 0) is 0 Å². The van der Waals surface area contributed by atoms with E-state index in [4.69, 9.17) is 27.9 Å². The quantitative estimate of drug-likeness (QED) is 0.863. The summed E-state index contributed by atoms with van der Waals surface area (Å²) in [5, 5.41) is 9.19. The Kier molecular flexibility index (Phi) is 3.78. The number of para-hydroxylation sites is 1. The molecule has 0 fully saturated rings. The number of hydrogen-bond donors (Lipinski definition) is 0. The van der Waals surface area contributed by atoms with E-state index in [1.165, 1.54) is 4.68 Å². The zero-order chi connectivity index (χ0) is 13.3. The molecule has 2 aromatic rings. The van der Waals surface area contributed by atoms with Crippen LogP contribution in [0.4, 0.5) is 0 Å². The average molecular weight is 286 g/mol. The van der Waals surface area contributed by atoms with Crippen LogP contribution in [0, 0.1) is 0 Å². The van der Waals surface area contributed by atoms with Crippen molar-refractivity contribution in [3.05, 3.63) is 33.9 Å². The third-order valence-electron chi connectivity index (χ3n) is 2.54. The summed E-state index contributed by atoms with van der Waals surface area (Å²) >= 11 is 12.3. The molecule has 0 aliphatic carbocycles. The molecule has 0 atom stereocenters. The smallest absolute Gasteiger partial charge is 0.240 e. The van der Waals surface area contributed by atoms with Gasteiger partial charge in [0.15, 0.2) is 0 Å². The lowest BCUT2D eigenvalue weighted by Gasteiger charge is -2.10. The molecule has 0 saturated carbocycles. The molecule has 1 aromatic heterocycles. The Morgan fingerprint density at radius 3 is 2.33 bits per heavy atom. The number of rotatable bonds is 3. The van der Waals surface area contributed by atoms with E-state index in [-0.39, 0.29) is 5.92 Å². The van der Waals surface area contributed by atoms with E-state index >= 15 is 0 Å². The van der Waals surface area contributed by atoms with Crippen molar-refractivity contribution >= 4 is 23.2 Å². The Morgan fingerprint density at radius 2 is 1.83 bits per heavy atom. The molecule has 0 spiro atoms. The number of ether oxygens (including phenoxy) is 1. The van der Waals surface area contributed by atoms with Gasteiger partial charge in [0, 0.05) is 5.92 Å². The average Bonchev–Trinajstić information content (AvgIpc) is 2.72. The summed E-state index contributed by atoms with van der Waals surface area (Å²) in [6.45, 7) is 4.04. The van der Waals surface area contributed by atoms with Crippen LogP contribution >= 0.6 is 23.2 Å². The van der Waals surface area contributed by atoms with Gasteiger partial charge in [-0.2, -0.15) is 4.68 Å². The molecule has 0 N–H and O–H groups in total. The van der Waals surface area contributed by atoms with Gasteiger partial charge in [-0.15, -0.1) is 5.10 Å². The summed E-state index contributed by atoms with van der Waals surface area (Å²) < 4.78 is 6.89. The maximum Gasteiger partial charge on any atom is 0.240 e. The first kappa shape index (κ1) is 13.2. The second kappa shape index (κ2) is 5.16. The van der Waals surface area contributed by atoms with Crippen LogP contribution in [-0.4, -0.2) is 22.1 Å². The van der Waals surface area contributed by atoms with Gasteiger partial charge in [0.1, 0.15) is 11.4 Å². The van der Waals surface area contributed by atoms with Gasteiger partial charge in [0.05, 0.1) is 17.2 Å². The maximum absolute atomic E-state index is 6.15. The Labute approximate surface area is 115 Å². The van der Waals surface area contributed by atoms with Crippen molar-refractivity contribution in [1.29, 1.82) is 0 Å². The fraction of sp³-hybridized carbons (Fsp3) is 0.333. The molecule has 0 radical (unpaired) electrons. The van der Waals surface area contributed by atoms with Gasteiger partial charge in [-0.1, -0.05) is 48.3 Å². The normalized spacial score (nSPS) is 11.0. The SMILES string of the molecule is COc1c(C(C)C)nnn1-c1c(Cl)cccc1Cl. The highest BCUT2D eigenvalue weighted by atomic mass is 35.5. The minimum Gasteiger partial charge on any atom is -0.480 e. The molecule has 0 saturated heterocycles. The first-order chi connectivity index (χ1) is 8.56. The number of halogens is 2. The zero-order valence-electron chi connectivity index (χ0n) is 10.3. The largest absolute Gasteiger partial charge is 0.480 e. The summed E-state index contributed by atoms with van der Waals surface area (Å²) in [5.41, 5.74) is 1.35. The van der Waals surface area contributed by atoms with Gasteiger partial charge in [-0.25, -0.2) is 0 Å². The fourth-order valence-electron chi connectivity index (χ4n) is 1.68. The van der Waals surface area contributed by atoms with E-state index in [2.05, 4.69) is 10.3 Å². The molecule has 0 bridgehead atoms. The van der Waals surface area contributed by atoms with Crippen LogP contribution in [0.5, 0.6) is 5.88 Å². The van der Waals surface area contributed by atoms with Crippen molar-refractivity contribution in [2.75, 3.05) is 7.11 Å². The van der Waals surface area contributed by atoms with Crippen molar-refractivity contribution in [3.8, 4) is 11.6 Å². The molecule has 0 aliphatic rings. The Bertz CT molecular complexity index is 546. The molecule has 96 valence electrons. The molecule has 0 amide bonds. The molecular weight excluding hydrogens is 273 g/mol. The second-order valence-electron chi connectivity index (χ2n) is 4.12. The predicted molar refractivity (Wildman–Crippen MR) is 72.0 cm³/mol. The van der Waals surface area contributed by atoms with E-state index in [0.29, 0.717) is 21.6 Å². The van der Waals surface area contributed by atoms with Crippen molar-refractivity contribution in [3.63, 3.8) is 0 Å². The van der Waals surface area contributed by atoms with E-state index in [0.717, 1.165) is 5.69 Å². The highest BCUT2D eigenvalue weighted by Gasteiger charge is 2.20. The molecule has 2 rings (SSSR count). The third kappa shape index (κ3) is 2.18. The number of nitrogens with zero attached hydrogens (tertiary/aromatic N) is 3. The van der Waals surface area contributed by atoms with Gasteiger partial charge in [-0.3, -0.25) is 0 Å². The Hall–Kier alpha value is -1.26. The minimum atomic E-state index is 0.204. The first-order valence-electron chi connectivity index (χ1n) is 5.50. The van der Waals surface area contributed by atoms with Crippen molar-refractivity contribution < 1.29 is 4.74 Å². The van der Waals surface area contributed by atoms with Crippen molar-refractivity contribution in [2.45, 2.75) is 19.8 Å². The number of methoxy groups -OCH3 is 1. The van der Waals surface area contributed by atoms with Gasteiger partial charge in [0.25, 0.3) is 0 Å². The monoisotopic (exact) mass is 285 g/mol. The molecule has 1 heterocycles. The highest BCUT2D eigenvalue weighted by molar-refractivity contribution is 6.37. The maximum atomic E-state index is 6.15. The zero-order valence-corrected chi connectivity index (χ0v) is 11.8. The molecule has 0 unspecified atom stereocenters. The fourth-order valence-corrected chi connectivity index (χ4v) is 2.23. The topological polar surface area (TPSA) is 39.9 Å². The summed E-state index contributed by atoms with van der Waals surface area (Å²) in [4.78, 5) is 0. The minimum absolute atomic E-state index is 0.204. The Morgan fingerprint density at radius 1 is 1.22 bits per heavy atom. The van der Waals surface area contributed by atoms with Crippen LogP contribution in [0.1, 0.15) is 25.5 Å². The Balaban J connectivity index is 2.65. The van der Waals surface area contributed by atoms with E-state index in [1.807, 2.05) is 13.8 Å². The molecule has 18 heavy (non-hydrogen) atoms. The summed E-state index contributed by atoms with van der Waals surface area (Å²) in [5.74, 6) is 0.759. The lowest BCUT2D eigenvalue weighted by atomic mass is 10.1. The predicted octanol–water partition coefficient (Wildman–Crippen LogP) is 3.71. The number of aromatic nitrogens is 3. The van der Waals surface area contributed by atoms with Gasteiger partial charge >= 0.3 is 0 Å². The first-order valence-corrected chi connectivity index (χ1v) is 6.25. The summed E-state index contributed by atoms with van der Waals surface area (Å²) in [6, 6.07) is 5.28. The lowest BCUT2D eigenvalue weighted by Crippen LogP contribution is -2.02. The van der Waals surface area contributed by atoms with E-state index < -0.39 is 0 Å². The number of benzene rings is 1. The third-order valence-corrected chi connectivity index (χ3v) is 3.15. The van der Waals surface area contributed by atoms with Gasteiger partial charge in [-0.05, 0) is 12.1 Å². The van der Waals surface area contributed by atoms with Crippen LogP contribution in [0.2, 0.25) is 10.0 Å². The molecule has 4 nitrogen and oxygen atoms in total.